The molecule has 2 aromatic rings. The Hall–Kier alpha value is -3.35. The maximum Gasteiger partial charge on any atom is 0.407 e. The normalized spacial score (nSPS) is 13.0. The highest BCUT2D eigenvalue weighted by molar-refractivity contribution is 5.79. The summed E-state index contributed by atoms with van der Waals surface area (Å²) in [4.78, 5) is 35.0. The minimum atomic E-state index is -0.827. The molecule has 1 atom stereocenters. The number of amides is 2. The van der Waals surface area contributed by atoms with E-state index in [0.717, 1.165) is 0 Å². The van der Waals surface area contributed by atoms with Gasteiger partial charge in [0.2, 0.25) is 5.91 Å². The van der Waals surface area contributed by atoms with Gasteiger partial charge in [0.1, 0.15) is 6.61 Å². The molecule has 0 saturated carbocycles. The standard InChI is InChI=1S/C26H32N2O5/c1-2-18(14-15-24(29)27-16-8-7-13-25(30)31)28-26(32)33-17-23-21-11-5-3-9-19(21)20-10-4-6-12-22(20)23/h3-6,9-12,18,23H,2,7-8,13-17H2,1H3,(H,27,29)(H,28,32)(H,30,31). The molecule has 1 aliphatic rings. The zero-order valence-corrected chi connectivity index (χ0v) is 19.0. The van der Waals surface area contributed by atoms with Gasteiger partial charge >= 0.3 is 12.1 Å². The van der Waals surface area contributed by atoms with E-state index >= 15 is 0 Å². The molecule has 0 spiro atoms. The first-order valence-electron chi connectivity index (χ1n) is 11.6. The third-order valence-electron chi connectivity index (χ3n) is 6.02. The molecule has 3 N–H and O–H groups in total. The third kappa shape index (κ3) is 6.81. The van der Waals surface area contributed by atoms with Crippen molar-refractivity contribution in [2.75, 3.05) is 13.2 Å². The number of nitrogens with one attached hydrogen (secondary N) is 2. The molecule has 2 aromatic carbocycles. The van der Waals surface area contributed by atoms with Gasteiger partial charge in [0.05, 0.1) is 0 Å². The fraction of sp³-hybridized carbons (Fsp3) is 0.423. The van der Waals surface area contributed by atoms with Crippen LogP contribution in [0.25, 0.3) is 11.1 Å². The van der Waals surface area contributed by atoms with Crippen molar-refractivity contribution in [2.24, 2.45) is 0 Å². The molecule has 7 heteroatoms. The number of alkyl carbamates (subject to hydrolysis) is 1. The number of carboxylic acid groups (broad SMARTS) is 1. The van der Waals surface area contributed by atoms with Crippen LogP contribution in [0.15, 0.2) is 48.5 Å². The third-order valence-corrected chi connectivity index (χ3v) is 6.02. The summed E-state index contributed by atoms with van der Waals surface area (Å²) >= 11 is 0. The van der Waals surface area contributed by atoms with E-state index in [4.69, 9.17) is 9.84 Å². The van der Waals surface area contributed by atoms with E-state index in [1.54, 1.807) is 0 Å². The number of unbranched alkanes of at least 4 members (excludes halogenated alkanes) is 1. The summed E-state index contributed by atoms with van der Waals surface area (Å²) in [5, 5.41) is 14.3. The van der Waals surface area contributed by atoms with Crippen molar-refractivity contribution in [3.63, 3.8) is 0 Å². The number of ether oxygens (including phenoxy) is 1. The molecule has 33 heavy (non-hydrogen) atoms. The van der Waals surface area contributed by atoms with Crippen LogP contribution in [-0.4, -0.2) is 42.3 Å². The number of carbonyl (C=O) groups excluding carboxylic acids is 2. The zero-order valence-electron chi connectivity index (χ0n) is 19.0. The minimum absolute atomic E-state index is 0.00938. The molecule has 0 radical (unpaired) electrons. The smallest absolute Gasteiger partial charge is 0.407 e. The summed E-state index contributed by atoms with van der Waals surface area (Å²) in [6, 6.07) is 16.2. The fourth-order valence-electron chi connectivity index (χ4n) is 4.21. The van der Waals surface area contributed by atoms with E-state index in [0.29, 0.717) is 38.6 Å². The topological polar surface area (TPSA) is 105 Å². The molecule has 0 saturated heterocycles. The lowest BCUT2D eigenvalue weighted by molar-refractivity contribution is -0.137. The van der Waals surface area contributed by atoms with Gasteiger partial charge in [-0.2, -0.15) is 0 Å². The van der Waals surface area contributed by atoms with Crippen molar-refractivity contribution in [3.8, 4) is 11.1 Å². The average Bonchev–Trinajstić information content (AvgIpc) is 3.13. The van der Waals surface area contributed by atoms with Crippen molar-refractivity contribution >= 4 is 18.0 Å². The Morgan fingerprint density at radius 1 is 0.970 bits per heavy atom. The Kier molecular flexibility index (Phi) is 8.87. The van der Waals surface area contributed by atoms with Crippen LogP contribution in [0, 0.1) is 0 Å². The second-order valence-electron chi connectivity index (χ2n) is 8.31. The number of hydrogen-bond acceptors (Lipinski definition) is 4. The summed E-state index contributed by atoms with van der Waals surface area (Å²) in [7, 11) is 0. The predicted octanol–water partition coefficient (Wildman–Crippen LogP) is 4.46. The largest absolute Gasteiger partial charge is 0.481 e. The molecule has 0 aromatic heterocycles. The number of fused-ring (bicyclic) bond motifs is 3. The Balaban J connectivity index is 1.42. The summed E-state index contributed by atoms with van der Waals surface area (Å²) < 4.78 is 5.59. The van der Waals surface area contributed by atoms with Crippen molar-refractivity contribution < 1.29 is 24.2 Å². The first-order chi connectivity index (χ1) is 16.0. The van der Waals surface area contributed by atoms with E-state index < -0.39 is 12.1 Å². The van der Waals surface area contributed by atoms with E-state index in [9.17, 15) is 14.4 Å². The second-order valence-corrected chi connectivity index (χ2v) is 8.31. The van der Waals surface area contributed by atoms with Crippen LogP contribution in [0.1, 0.15) is 62.5 Å². The molecule has 0 heterocycles. The number of benzene rings is 2. The molecule has 7 nitrogen and oxygen atoms in total. The van der Waals surface area contributed by atoms with Gasteiger partial charge in [-0.3, -0.25) is 9.59 Å². The minimum Gasteiger partial charge on any atom is -0.481 e. The number of carboxylic acids is 1. The van der Waals surface area contributed by atoms with Crippen molar-refractivity contribution in [1.82, 2.24) is 10.6 Å². The SMILES string of the molecule is CCC(CCC(=O)NCCCCC(=O)O)NC(=O)OCC1c2ccccc2-c2ccccc21. The quantitative estimate of drug-likeness (QED) is 0.413. The molecule has 1 aliphatic carbocycles. The molecule has 176 valence electrons. The van der Waals surface area contributed by atoms with E-state index in [2.05, 4.69) is 34.9 Å². The van der Waals surface area contributed by atoms with Gasteiger partial charge in [0.15, 0.2) is 0 Å². The van der Waals surface area contributed by atoms with E-state index in [1.807, 2.05) is 31.2 Å². The zero-order chi connectivity index (χ0) is 23.6. The van der Waals surface area contributed by atoms with Crippen LogP contribution in [-0.2, 0) is 14.3 Å². The average molecular weight is 453 g/mol. The van der Waals surface area contributed by atoms with Gasteiger partial charge in [0.25, 0.3) is 0 Å². The molecule has 1 unspecified atom stereocenters. The summed E-state index contributed by atoms with van der Waals surface area (Å²) in [6.07, 6.45) is 2.30. The van der Waals surface area contributed by atoms with E-state index in [-0.39, 0.29) is 30.9 Å². The molecule has 2 amide bonds. The van der Waals surface area contributed by atoms with Crippen LogP contribution < -0.4 is 10.6 Å². The maximum atomic E-state index is 12.5. The van der Waals surface area contributed by atoms with Crippen LogP contribution in [0.5, 0.6) is 0 Å². The highest BCUT2D eigenvalue weighted by Gasteiger charge is 2.29. The van der Waals surface area contributed by atoms with Crippen LogP contribution in [0.3, 0.4) is 0 Å². The van der Waals surface area contributed by atoms with Gasteiger partial charge in [-0.15, -0.1) is 0 Å². The molecule has 3 rings (SSSR count). The molecular weight excluding hydrogens is 420 g/mol. The lowest BCUT2D eigenvalue weighted by Gasteiger charge is -2.19. The van der Waals surface area contributed by atoms with Crippen molar-refractivity contribution in [2.45, 2.75) is 57.4 Å². The van der Waals surface area contributed by atoms with Gasteiger partial charge in [-0.1, -0.05) is 55.5 Å². The number of hydrogen-bond donors (Lipinski definition) is 3. The highest BCUT2D eigenvalue weighted by Crippen LogP contribution is 2.44. The van der Waals surface area contributed by atoms with Gasteiger partial charge in [-0.05, 0) is 47.9 Å². The first kappa shape index (κ1) is 24.3. The van der Waals surface area contributed by atoms with E-state index in [1.165, 1.54) is 22.3 Å². The second kappa shape index (κ2) is 12.0. The Morgan fingerprint density at radius 2 is 1.61 bits per heavy atom. The van der Waals surface area contributed by atoms with Crippen molar-refractivity contribution in [3.05, 3.63) is 59.7 Å². The lowest BCUT2D eigenvalue weighted by Crippen LogP contribution is -2.36. The number of carbonyl (C=O) groups is 3. The molecule has 0 fully saturated rings. The molecular formula is C26H32N2O5. The molecule has 0 aliphatic heterocycles. The Labute approximate surface area is 194 Å². The monoisotopic (exact) mass is 452 g/mol. The lowest BCUT2D eigenvalue weighted by atomic mass is 9.98. The van der Waals surface area contributed by atoms with Crippen LogP contribution in [0.4, 0.5) is 4.79 Å². The maximum absolute atomic E-state index is 12.5. The van der Waals surface area contributed by atoms with Gasteiger partial charge in [0, 0.05) is 31.3 Å². The summed E-state index contributed by atoms with van der Waals surface area (Å²) in [5.74, 6) is -0.917. The summed E-state index contributed by atoms with van der Waals surface area (Å²) in [5.41, 5.74) is 4.70. The molecule has 0 bridgehead atoms. The first-order valence-corrected chi connectivity index (χ1v) is 11.6. The van der Waals surface area contributed by atoms with Crippen LogP contribution in [0.2, 0.25) is 0 Å². The Bertz CT molecular complexity index is 929. The van der Waals surface area contributed by atoms with Gasteiger partial charge < -0.3 is 20.5 Å². The summed E-state index contributed by atoms with van der Waals surface area (Å²) in [6.45, 7) is 2.67. The number of rotatable bonds is 12. The van der Waals surface area contributed by atoms with Crippen molar-refractivity contribution in [1.29, 1.82) is 0 Å². The van der Waals surface area contributed by atoms with Gasteiger partial charge in [-0.25, -0.2) is 4.79 Å². The predicted molar refractivity (Wildman–Crippen MR) is 126 cm³/mol. The number of aliphatic carboxylic acids is 1. The van der Waals surface area contributed by atoms with Crippen LogP contribution >= 0.6 is 0 Å². The Morgan fingerprint density at radius 3 is 2.21 bits per heavy atom. The fourth-order valence-corrected chi connectivity index (χ4v) is 4.21. The highest BCUT2D eigenvalue weighted by atomic mass is 16.5.